The molecule has 0 saturated heterocycles. The first-order valence-electron chi connectivity index (χ1n) is 7.62. The highest BCUT2D eigenvalue weighted by atomic mass is 16.5. The Morgan fingerprint density at radius 1 is 1.04 bits per heavy atom. The lowest BCUT2D eigenvalue weighted by atomic mass is 10.1. The van der Waals surface area contributed by atoms with Gasteiger partial charge in [0.25, 0.3) is 11.8 Å². The Morgan fingerprint density at radius 2 is 1.69 bits per heavy atom. The molecule has 3 rings (SSSR count). The van der Waals surface area contributed by atoms with E-state index in [9.17, 15) is 9.59 Å². The zero-order chi connectivity index (χ0) is 18.7. The fraction of sp³-hybridized carbons (Fsp3) is 0.111. The number of benzene rings is 2. The highest BCUT2D eigenvalue weighted by Crippen LogP contribution is 2.33. The smallest absolute Gasteiger partial charge is 0.275 e. The molecular formula is C18H16N4O4. The lowest BCUT2D eigenvalue weighted by molar-refractivity contribution is 0.100. The van der Waals surface area contributed by atoms with Crippen LogP contribution in [0.1, 0.15) is 20.8 Å². The van der Waals surface area contributed by atoms with Crippen molar-refractivity contribution in [3.05, 3.63) is 53.9 Å². The molecule has 0 saturated carbocycles. The molecule has 132 valence electrons. The number of ether oxygens (including phenoxy) is 2. The molecule has 1 aromatic heterocycles. The van der Waals surface area contributed by atoms with Gasteiger partial charge in [-0.05, 0) is 18.2 Å². The van der Waals surface area contributed by atoms with E-state index in [0.29, 0.717) is 22.5 Å². The molecule has 0 aliphatic heterocycles. The second-order valence-corrected chi connectivity index (χ2v) is 5.32. The first-order valence-corrected chi connectivity index (χ1v) is 7.62. The van der Waals surface area contributed by atoms with Crippen molar-refractivity contribution < 1.29 is 19.1 Å². The average Bonchev–Trinajstić information content (AvgIpc) is 2.66. The van der Waals surface area contributed by atoms with Gasteiger partial charge in [-0.2, -0.15) is 0 Å². The van der Waals surface area contributed by atoms with E-state index in [1.54, 1.807) is 18.2 Å². The largest absolute Gasteiger partial charge is 0.493 e. The third-order valence-electron chi connectivity index (χ3n) is 3.72. The lowest BCUT2D eigenvalue weighted by Gasteiger charge is -2.14. The van der Waals surface area contributed by atoms with Crippen LogP contribution in [-0.4, -0.2) is 36.0 Å². The van der Waals surface area contributed by atoms with Crippen LogP contribution in [0, 0.1) is 0 Å². The summed E-state index contributed by atoms with van der Waals surface area (Å²) in [5, 5.41) is 2.62. The van der Waals surface area contributed by atoms with Crippen molar-refractivity contribution >= 4 is 28.5 Å². The Bertz CT molecular complexity index is 1000. The Labute approximate surface area is 149 Å². The van der Waals surface area contributed by atoms with E-state index in [2.05, 4.69) is 15.3 Å². The minimum Gasteiger partial charge on any atom is -0.493 e. The summed E-state index contributed by atoms with van der Waals surface area (Å²) in [5.74, 6) is -0.578. The second kappa shape index (κ2) is 7.06. The number of primary amides is 1. The maximum absolute atomic E-state index is 12.5. The van der Waals surface area contributed by atoms with E-state index in [1.165, 1.54) is 32.5 Å². The zero-order valence-electron chi connectivity index (χ0n) is 14.1. The van der Waals surface area contributed by atoms with Crippen molar-refractivity contribution in [2.24, 2.45) is 5.73 Å². The van der Waals surface area contributed by atoms with Gasteiger partial charge in [0, 0.05) is 6.07 Å². The number of anilines is 1. The molecule has 0 bridgehead atoms. The van der Waals surface area contributed by atoms with Crippen LogP contribution in [0.3, 0.4) is 0 Å². The monoisotopic (exact) mass is 352 g/mol. The standard InChI is InChI=1S/C18H16N4O4/c1-25-15-7-10(17(19)23)13(8-16(15)26-2)22-18(24)14-9-20-11-5-3-4-6-12(11)21-14/h3-9H,1-2H3,(H2,19,23)(H,22,24). The molecule has 3 aromatic rings. The summed E-state index contributed by atoms with van der Waals surface area (Å²) in [5.41, 5.74) is 7.05. The molecule has 26 heavy (non-hydrogen) atoms. The van der Waals surface area contributed by atoms with Crippen molar-refractivity contribution in [1.82, 2.24) is 9.97 Å². The van der Waals surface area contributed by atoms with E-state index in [-0.39, 0.29) is 16.9 Å². The van der Waals surface area contributed by atoms with Crippen molar-refractivity contribution in [2.75, 3.05) is 19.5 Å². The fourth-order valence-corrected chi connectivity index (χ4v) is 2.44. The minimum absolute atomic E-state index is 0.0877. The number of fused-ring (bicyclic) bond motifs is 1. The third kappa shape index (κ3) is 3.25. The number of hydrogen-bond acceptors (Lipinski definition) is 6. The van der Waals surface area contributed by atoms with Crippen LogP contribution in [0.5, 0.6) is 11.5 Å². The summed E-state index contributed by atoms with van der Waals surface area (Å²) < 4.78 is 10.4. The molecule has 0 aliphatic rings. The molecule has 0 spiro atoms. The summed E-state index contributed by atoms with van der Waals surface area (Å²) in [6, 6.07) is 10.1. The highest BCUT2D eigenvalue weighted by Gasteiger charge is 2.18. The normalized spacial score (nSPS) is 10.4. The van der Waals surface area contributed by atoms with E-state index in [0.717, 1.165) is 0 Å². The van der Waals surface area contributed by atoms with Crippen LogP contribution in [0.4, 0.5) is 5.69 Å². The maximum Gasteiger partial charge on any atom is 0.275 e. The predicted molar refractivity (Wildman–Crippen MR) is 95.6 cm³/mol. The van der Waals surface area contributed by atoms with E-state index in [1.807, 2.05) is 6.07 Å². The Balaban J connectivity index is 1.98. The van der Waals surface area contributed by atoms with Crippen molar-refractivity contribution in [2.45, 2.75) is 0 Å². The molecule has 2 amide bonds. The summed E-state index contributed by atoms with van der Waals surface area (Å²) >= 11 is 0. The Hall–Kier alpha value is -3.68. The van der Waals surface area contributed by atoms with Crippen LogP contribution in [0.25, 0.3) is 11.0 Å². The van der Waals surface area contributed by atoms with E-state index < -0.39 is 11.8 Å². The van der Waals surface area contributed by atoms with Crippen LogP contribution >= 0.6 is 0 Å². The summed E-state index contributed by atoms with van der Waals surface area (Å²) in [4.78, 5) is 32.8. The average molecular weight is 352 g/mol. The number of para-hydroxylation sites is 2. The SMILES string of the molecule is COc1cc(NC(=O)c2cnc3ccccc3n2)c(C(N)=O)cc1OC. The van der Waals surface area contributed by atoms with Crippen molar-refractivity contribution in [3.8, 4) is 11.5 Å². The first-order chi connectivity index (χ1) is 12.5. The molecule has 0 unspecified atom stereocenters. The van der Waals surface area contributed by atoms with Gasteiger partial charge >= 0.3 is 0 Å². The van der Waals surface area contributed by atoms with Crippen LogP contribution in [0.2, 0.25) is 0 Å². The van der Waals surface area contributed by atoms with Crippen molar-refractivity contribution in [1.29, 1.82) is 0 Å². The van der Waals surface area contributed by atoms with Gasteiger partial charge in [-0.15, -0.1) is 0 Å². The minimum atomic E-state index is -0.717. The van der Waals surface area contributed by atoms with Gasteiger partial charge in [-0.1, -0.05) is 12.1 Å². The van der Waals surface area contributed by atoms with Gasteiger partial charge < -0.3 is 20.5 Å². The molecule has 0 radical (unpaired) electrons. The number of methoxy groups -OCH3 is 2. The molecule has 0 aliphatic carbocycles. The van der Waals surface area contributed by atoms with Gasteiger partial charge in [0.2, 0.25) is 0 Å². The Kier molecular flexibility index (Phi) is 4.66. The number of nitrogens with two attached hydrogens (primary N) is 1. The summed E-state index contributed by atoms with van der Waals surface area (Å²) in [7, 11) is 2.88. The van der Waals surface area contributed by atoms with Crippen LogP contribution < -0.4 is 20.5 Å². The molecule has 1 heterocycles. The van der Waals surface area contributed by atoms with E-state index >= 15 is 0 Å². The number of nitrogens with one attached hydrogen (secondary N) is 1. The maximum atomic E-state index is 12.5. The number of aromatic nitrogens is 2. The number of nitrogens with zero attached hydrogens (tertiary/aromatic N) is 2. The topological polar surface area (TPSA) is 116 Å². The lowest BCUT2D eigenvalue weighted by Crippen LogP contribution is -2.19. The molecule has 0 atom stereocenters. The van der Waals surface area contributed by atoms with E-state index in [4.69, 9.17) is 15.2 Å². The number of carbonyl (C=O) groups is 2. The Morgan fingerprint density at radius 3 is 2.35 bits per heavy atom. The van der Waals surface area contributed by atoms with Crippen LogP contribution in [-0.2, 0) is 0 Å². The molecule has 8 heteroatoms. The van der Waals surface area contributed by atoms with Gasteiger partial charge in [-0.25, -0.2) is 4.98 Å². The number of amides is 2. The van der Waals surface area contributed by atoms with Crippen LogP contribution in [0.15, 0.2) is 42.6 Å². The molecule has 8 nitrogen and oxygen atoms in total. The van der Waals surface area contributed by atoms with Gasteiger partial charge in [0.15, 0.2) is 11.5 Å². The summed E-state index contributed by atoms with van der Waals surface area (Å²) in [6.07, 6.45) is 1.36. The van der Waals surface area contributed by atoms with Crippen molar-refractivity contribution in [3.63, 3.8) is 0 Å². The second-order valence-electron chi connectivity index (χ2n) is 5.32. The van der Waals surface area contributed by atoms with Gasteiger partial charge in [0.1, 0.15) is 5.69 Å². The van der Waals surface area contributed by atoms with Gasteiger partial charge in [-0.3, -0.25) is 14.6 Å². The number of carbonyl (C=O) groups excluding carboxylic acids is 2. The predicted octanol–water partition coefficient (Wildman–Crippen LogP) is 2.00. The quantitative estimate of drug-likeness (QED) is 0.725. The molecule has 0 fully saturated rings. The number of rotatable bonds is 5. The highest BCUT2D eigenvalue weighted by molar-refractivity contribution is 6.08. The third-order valence-corrected chi connectivity index (χ3v) is 3.72. The molecule has 2 aromatic carbocycles. The summed E-state index contributed by atoms with van der Waals surface area (Å²) in [6.45, 7) is 0. The molecular weight excluding hydrogens is 336 g/mol. The molecule has 3 N–H and O–H groups in total. The zero-order valence-corrected chi connectivity index (χ0v) is 14.1. The number of hydrogen-bond donors (Lipinski definition) is 2. The van der Waals surface area contributed by atoms with Gasteiger partial charge in [0.05, 0.1) is 42.7 Å². The fourth-order valence-electron chi connectivity index (χ4n) is 2.44. The first kappa shape index (κ1) is 17.2.